The van der Waals surface area contributed by atoms with E-state index in [0.29, 0.717) is 11.7 Å². The average Bonchev–Trinajstić information content (AvgIpc) is 2.88. The minimum Gasteiger partial charge on any atom is -0.344 e. The Kier molecular flexibility index (Phi) is 4.62. The Labute approximate surface area is 127 Å². The van der Waals surface area contributed by atoms with Crippen molar-refractivity contribution in [3.63, 3.8) is 0 Å². The molecule has 1 amide bonds. The Morgan fingerprint density at radius 3 is 2.81 bits per heavy atom. The second-order valence-corrected chi connectivity index (χ2v) is 6.55. The predicted molar refractivity (Wildman–Crippen MR) is 79.6 cm³/mol. The second kappa shape index (κ2) is 6.26. The molecule has 0 aromatic carbocycles. The van der Waals surface area contributed by atoms with Crippen LogP contribution in [-0.2, 0) is 10.3 Å². The molecule has 112 valence electrons. The third-order valence-electron chi connectivity index (χ3n) is 2.77. The number of carbonyl (C=O) groups is 1. The summed E-state index contributed by atoms with van der Waals surface area (Å²) in [6.45, 7) is 7.10. The van der Waals surface area contributed by atoms with E-state index in [1.54, 1.807) is 6.20 Å². The maximum atomic E-state index is 11.2. The number of hydrogen-bond acceptors (Lipinski definition) is 6. The molecule has 0 radical (unpaired) electrons. The van der Waals surface area contributed by atoms with E-state index in [-0.39, 0.29) is 11.2 Å². The summed E-state index contributed by atoms with van der Waals surface area (Å²) in [4.78, 5) is 19.9. The number of aromatic nitrogens is 3. The van der Waals surface area contributed by atoms with Crippen molar-refractivity contribution in [3.05, 3.63) is 36.1 Å². The highest BCUT2D eigenvalue weighted by Gasteiger charge is 2.28. The average molecular weight is 306 g/mol. The molecule has 2 heterocycles. The summed E-state index contributed by atoms with van der Waals surface area (Å²) < 4.78 is 5.31. The van der Waals surface area contributed by atoms with E-state index in [1.807, 2.05) is 39.0 Å². The van der Waals surface area contributed by atoms with E-state index < -0.39 is 5.54 Å². The lowest BCUT2D eigenvalue weighted by Gasteiger charge is -2.20. The standard InChI is InChI=1S/C14H18N4O2S/c1-9(21-11-7-5-6-8-15-11)12-16-13(18-20-12)14(3,4)17-10(2)19/h5-9H,1-4H3,(H,17,19)/t9-/m0/s1. The topological polar surface area (TPSA) is 80.9 Å². The van der Waals surface area contributed by atoms with E-state index in [9.17, 15) is 4.79 Å². The Balaban J connectivity index is 2.10. The van der Waals surface area contributed by atoms with Gasteiger partial charge >= 0.3 is 0 Å². The molecule has 21 heavy (non-hydrogen) atoms. The molecule has 0 aliphatic carbocycles. The van der Waals surface area contributed by atoms with Crippen molar-refractivity contribution >= 4 is 17.7 Å². The van der Waals surface area contributed by atoms with Gasteiger partial charge in [-0.25, -0.2) is 4.98 Å². The van der Waals surface area contributed by atoms with Gasteiger partial charge in [-0.05, 0) is 32.9 Å². The van der Waals surface area contributed by atoms with Crippen LogP contribution in [0.25, 0.3) is 0 Å². The number of thioether (sulfide) groups is 1. The monoisotopic (exact) mass is 306 g/mol. The van der Waals surface area contributed by atoms with E-state index in [2.05, 4.69) is 20.4 Å². The van der Waals surface area contributed by atoms with Crippen LogP contribution in [0.2, 0.25) is 0 Å². The van der Waals surface area contributed by atoms with Crippen LogP contribution in [0.5, 0.6) is 0 Å². The van der Waals surface area contributed by atoms with Crippen molar-refractivity contribution < 1.29 is 9.32 Å². The van der Waals surface area contributed by atoms with Crippen LogP contribution < -0.4 is 5.32 Å². The van der Waals surface area contributed by atoms with Gasteiger partial charge in [-0.3, -0.25) is 4.79 Å². The van der Waals surface area contributed by atoms with Crippen LogP contribution in [0.4, 0.5) is 0 Å². The lowest BCUT2D eigenvalue weighted by atomic mass is 10.1. The van der Waals surface area contributed by atoms with Crippen LogP contribution in [0.3, 0.4) is 0 Å². The normalized spacial score (nSPS) is 13.0. The molecule has 0 aliphatic heterocycles. The molecule has 0 aliphatic rings. The van der Waals surface area contributed by atoms with Gasteiger partial charge in [-0.15, -0.1) is 0 Å². The van der Waals surface area contributed by atoms with Crippen molar-refractivity contribution in [1.29, 1.82) is 0 Å². The molecule has 0 fully saturated rings. The van der Waals surface area contributed by atoms with E-state index in [0.717, 1.165) is 5.03 Å². The first-order chi connectivity index (χ1) is 9.88. The predicted octanol–water partition coefficient (Wildman–Crippen LogP) is 2.69. The first-order valence-electron chi connectivity index (χ1n) is 6.59. The lowest BCUT2D eigenvalue weighted by Crippen LogP contribution is -2.40. The Hall–Kier alpha value is -1.89. The van der Waals surface area contributed by atoms with Crippen molar-refractivity contribution in [2.24, 2.45) is 0 Å². The molecular formula is C14H18N4O2S. The number of nitrogens with one attached hydrogen (secondary N) is 1. The molecule has 0 saturated carbocycles. The molecule has 1 N–H and O–H groups in total. The molecule has 0 saturated heterocycles. The highest BCUT2D eigenvalue weighted by molar-refractivity contribution is 7.99. The number of hydrogen-bond donors (Lipinski definition) is 1. The van der Waals surface area contributed by atoms with Crippen LogP contribution >= 0.6 is 11.8 Å². The maximum absolute atomic E-state index is 11.2. The molecule has 2 aromatic heterocycles. The van der Waals surface area contributed by atoms with Gasteiger partial charge < -0.3 is 9.84 Å². The number of rotatable bonds is 5. The summed E-state index contributed by atoms with van der Waals surface area (Å²) in [6, 6.07) is 5.73. The molecule has 0 unspecified atom stereocenters. The zero-order valence-electron chi connectivity index (χ0n) is 12.5. The van der Waals surface area contributed by atoms with Crippen molar-refractivity contribution in [3.8, 4) is 0 Å². The first kappa shape index (κ1) is 15.5. The third-order valence-corrected chi connectivity index (χ3v) is 3.81. The van der Waals surface area contributed by atoms with Gasteiger partial charge in [0.05, 0.1) is 15.8 Å². The van der Waals surface area contributed by atoms with Gasteiger partial charge in [0.2, 0.25) is 11.8 Å². The number of carbonyl (C=O) groups excluding carboxylic acids is 1. The molecule has 2 aromatic rings. The number of nitrogens with zero attached hydrogens (tertiary/aromatic N) is 3. The highest BCUT2D eigenvalue weighted by atomic mass is 32.2. The Bertz CT molecular complexity index is 612. The molecule has 2 rings (SSSR count). The van der Waals surface area contributed by atoms with Crippen LogP contribution in [0, 0.1) is 0 Å². The molecular weight excluding hydrogens is 288 g/mol. The maximum Gasteiger partial charge on any atom is 0.239 e. The van der Waals surface area contributed by atoms with Gasteiger partial charge in [0.1, 0.15) is 0 Å². The second-order valence-electron chi connectivity index (χ2n) is 5.19. The van der Waals surface area contributed by atoms with Gasteiger partial charge in [-0.2, -0.15) is 4.98 Å². The van der Waals surface area contributed by atoms with Crippen LogP contribution in [-0.4, -0.2) is 21.0 Å². The fraction of sp³-hybridized carbons (Fsp3) is 0.429. The molecule has 1 atom stereocenters. The minimum absolute atomic E-state index is 0.0192. The lowest BCUT2D eigenvalue weighted by molar-refractivity contribution is -0.120. The van der Waals surface area contributed by atoms with E-state index >= 15 is 0 Å². The molecule has 0 bridgehead atoms. The van der Waals surface area contributed by atoms with Crippen molar-refractivity contribution in [2.45, 2.75) is 43.5 Å². The van der Waals surface area contributed by atoms with Crippen LogP contribution in [0.15, 0.2) is 33.9 Å². The first-order valence-corrected chi connectivity index (χ1v) is 7.47. The highest BCUT2D eigenvalue weighted by Crippen LogP contribution is 2.33. The fourth-order valence-electron chi connectivity index (χ4n) is 1.80. The van der Waals surface area contributed by atoms with Gasteiger partial charge in [-0.1, -0.05) is 23.0 Å². The zero-order valence-corrected chi connectivity index (χ0v) is 13.3. The Morgan fingerprint density at radius 1 is 1.43 bits per heavy atom. The van der Waals surface area contributed by atoms with Gasteiger partial charge in [0.25, 0.3) is 0 Å². The van der Waals surface area contributed by atoms with Crippen molar-refractivity contribution in [1.82, 2.24) is 20.4 Å². The van der Waals surface area contributed by atoms with Gasteiger partial charge in [0, 0.05) is 13.1 Å². The summed E-state index contributed by atoms with van der Waals surface area (Å²) >= 11 is 1.54. The number of pyridine rings is 1. The molecule has 0 spiro atoms. The Morgan fingerprint density at radius 2 is 2.19 bits per heavy atom. The summed E-state index contributed by atoms with van der Waals surface area (Å²) in [7, 11) is 0. The minimum atomic E-state index is -0.664. The summed E-state index contributed by atoms with van der Waals surface area (Å²) in [5.41, 5.74) is -0.664. The summed E-state index contributed by atoms with van der Waals surface area (Å²) in [6.07, 6.45) is 1.74. The molecule has 7 heteroatoms. The van der Waals surface area contributed by atoms with Crippen molar-refractivity contribution in [2.75, 3.05) is 0 Å². The smallest absolute Gasteiger partial charge is 0.239 e. The third kappa shape index (κ3) is 4.04. The largest absolute Gasteiger partial charge is 0.344 e. The zero-order chi connectivity index (χ0) is 15.5. The van der Waals surface area contributed by atoms with E-state index in [1.165, 1.54) is 18.7 Å². The fourth-order valence-corrected chi connectivity index (χ4v) is 2.64. The van der Waals surface area contributed by atoms with Crippen LogP contribution in [0.1, 0.15) is 44.7 Å². The SMILES string of the molecule is CC(=O)NC(C)(C)c1noc([C@H](C)Sc2ccccn2)n1. The summed E-state index contributed by atoms with van der Waals surface area (Å²) in [5, 5.41) is 7.64. The number of amides is 1. The van der Waals surface area contributed by atoms with Gasteiger partial charge in [0.15, 0.2) is 5.82 Å². The summed E-state index contributed by atoms with van der Waals surface area (Å²) in [5.74, 6) is 0.836. The quantitative estimate of drug-likeness (QED) is 0.855. The van der Waals surface area contributed by atoms with E-state index in [4.69, 9.17) is 4.52 Å². The molecule has 6 nitrogen and oxygen atoms in total.